The van der Waals surface area contributed by atoms with Crippen LogP contribution in [0.2, 0.25) is 5.02 Å². The average molecular weight is 290 g/mol. The molecule has 1 amide bonds. The lowest BCUT2D eigenvalue weighted by atomic mass is 10.1. The first-order valence-corrected chi connectivity index (χ1v) is 6.94. The number of carboxylic acid groups (broad SMARTS) is 1. The van der Waals surface area contributed by atoms with Crippen molar-refractivity contribution in [3.8, 4) is 0 Å². The van der Waals surface area contributed by atoms with Crippen molar-refractivity contribution in [2.24, 2.45) is 5.92 Å². The Balaban J connectivity index is 2.19. The van der Waals surface area contributed by atoms with E-state index in [1.54, 1.807) is 6.92 Å². The van der Waals surface area contributed by atoms with Gasteiger partial charge in [0.15, 0.2) is 0 Å². The van der Waals surface area contributed by atoms with Gasteiger partial charge in [-0.3, -0.25) is 9.59 Å². The summed E-state index contributed by atoms with van der Waals surface area (Å²) in [4.78, 5) is 23.0. The molecule has 4 nitrogen and oxygen atoms in total. The van der Waals surface area contributed by atoms with Crippen molar-refractivity contribution in [2.75, 3.05) is 6.54 Å². The van der Waals surface area contributed by atoms with Crippen molar-refractivity contribution in [1.82, 2.24) is 5.32 Å². The monoisotopic (exact) mass is 289 g/mol. The van der Waals surface area contributed by atoms with Gasteiger partial charge in [0, 0.05) is 29.6 Å². The Hall–Kier alpha value is -1.07. The molecule has 0 spiro atoms. The topological polar surface area (TPSA) is 66.4 Å². The van der Waals surface area contributed by atoms with Crippen molar-refractivity contribution in [2.45, 2.75) is 26.2 Å². The summed E-state index contributed by atoms with van der Waals surface area (Å²) in [5.41, 5.74) is 0. The standard InChI is InChI=1S/C12H16ClNO3S/c1-8(4-12(16)17)6-14-11(15)3-2-10-5-9(13)7-18-10/h5,7-8H,2-4,6H2,1H3,(H,14,15)(H,16,17). The van der Waals surface area contributed by atoms with E-state index < -0.39 is 5.97 Å². The molecular weight excluding hydrogens is 274 g/mol. The SMILES string of the molecule is CC(CNC(=O)CCc1cc(Cl)cs1)CC(=O)O. The number of carbonyl (C=O) groups is 2. The third-order valence-electron chi connectivity index (χ3n) is 2.39. The van der Waals surface area contributed by atoms with Gasteiger partial charge in [0.25, 0.3) is 0 Å². The van der Waals surface area contributed by atoms with Crippen molar-refractivity contribution in [3.05, 3.63) is 21.3 Å². The van der Waals surface area contributed by atoms with Crippen molar-refractivity contribution in [3.63, 3.8) is 0 Å². The van der Waals surface area contributed by atoms with Gasteiger partial charge in [-0.05, 0) is 18.4 Å². The van der Waals surface area contributed by atoms with E-state index in [2.05, 4.69) is 5.32 Å². The Morgan fingerprint density at radius 2 is 2.28 bits per heavy atom. The van der Waals surface area contributed by atoms with Gasteiger partial charge in [-0.1, -0.05) is 18.5 Å². The summed E-state index contributed by atoms with van der Waals surface area (Å²) >= 11 is 7.32. The van der Waals surface area contributed by atoms with Crippen LogP contribution in [0.5, 0.6) is 0 Å². The summed E-state index contributed by atoms with van der Waals surface area (Å²) in [5.74, 6) is -0.954. The lowest BCUT2D eigenvalue weighted by Gasteiger charge is -2.09. The van der Waals surface area contributed by atoms with Gasteiger partial charge in [-0.2, -0.15) is 0 Å². The fourth-order valence-electron chi connectivity index (χ4n) is 1.47. The van der Waals surface area contributed by atoms with Gasteiger partial charge in [0.05, 0.1) is 5.02 Å². The highest BCUT2D eigenvalue weighted by molar-refractivity contribution is 7.10. The smallest absolute Gasteiger partial charge is 0.303 e. The molecule has 1 aromatic heterocycles. The lowest BCUT2D eigenvalue weighted by Crippen LogP contribution is -2.29. The summed E-state index contributed by atoms with van der Waals surface area (Å²) in [6, 6.07) is 1.85. The maximum Gasteiger partial charge on any atom is 0.303 e. The minimum Gasteiger partial charge on any atom is -0.481 e. The first-order valence-electron chi connectivity index (χ1n) is 5.68. The zero-order chi connectivity index (χ0) is 13.5. The molecule has 0 aliphatic heterocycles. The Morgan fingerprint density at radius 3 is 2.83 bits per heavy atom. The molecular formula is C12H16ClNO3S. The maximum atomic E-state index is 11.5. The second-order valence-corrected chi connectivity index (χ2v) is 5.67. The van der Waals surface area contributed by atoms with Gasteiger partial charge >= 0.3 is 5.97 Å². The first-order chi connectivity index (χ1) is 8.47. The second kappa shape index (κ2) is 7.38. The van der Waals surface area contributed by atoms with Crippen LogP contribution in [-0.2, 0) is 16.0 Å². The quantitative estimate of drug-likeness (QED) is 0.811. The second-order valence-electron chi connectivity index (χ2n) is 4.24. The van der Waals surface area contributed by atoms with E-state index in [9.17, 15) is 9.59 Å². The predicted molar refractivity (Wildman–Crippen MR) is 72.1 cm³/mol. The fraction of sp³-hybridized carbons (Fsp3) is 0.500. The van der Waals surface area contributed by atoms with Crippen molar-refractivity contribution >= 4 is 34.8 Å². The Labute approximate surface area is 115 Å². The van der Waals surface area contributed by atoms with E-state index >= 15 is 0 Å². The number of aryl methyl sites for hydroxylation is 1. The largest absolute Gasteiger partial charge is 0.481 e. The van der Waals surface area contributed by atoms with Gasteiger partial charge in [0.1, 0.15) is 0 Å². The highest BCUT2D eigenvalue weighted by atomic mass is 35.5. The summed E-state index contributed by atoms with van der Waals surface area (Å²) in [7, 11) is 0. The fourth-order valence-corrected chi connectivity index (χ4v) is 2.55. The maximum absolute atomic E-state index is 11.5. The number of rotatable bonds is 7. The molecule has 0 fully saturated rings. The van der Waals surface area contributed by atoms with Crippen LogP contribution in [-0.4, -0.2) is 23.5 Å². The first kappa shape index (κ1) is 15.0. The van der Waals surface area contributed by atoms with Crippen molar-refractivity contribution < 1.29 is 14.7 Å². The van der Waals surface area contributed by atoms with E-state index in [-0.39, 0.29) is 18.2 Å². The number of carbonyl (C=O) groups excluding carboxylic acids is 1. The van der Waals surface area contributed by atoms with Crippen LogP contribution in [0.15, 0.2) is 11.4 Å². The zero-order valence-electron chi connectivity index (χ0n) is 10.1. The summed E-state index contributed by atoms with van der Waals surface area (Å²) in [5, 5.41) is 13.9. The average Bonchev–Trinajstić information content (AvgIpc) is 2.69. The number of hydrogen-bond donors (Lipinski definition) is 2. The molecule has 1 aromatic rings. The molecule has 18 heavy (non-hydrogen) atoms. The molecule has 1 heterocycles. The molecule has 0 radical (unpaired) electrons. The molecule has 6 heteroatoms. The number of halogens is 1. The Bertz CT molecular complexity index is 419. The molecule has 0 saturated carbocycles. The number of hydrogen-bond acceptors (Lipinski definition) is 3. The summed E-state index contributed by atoms with van der Waals surface area (Å²) < 4.78 is 0. The highest BCUT2D eigenvalue weighted by Crippen LogP contribution is 2.20. The Morgan fingerprint density at radius 1 is 1.56 bits per heavy atom. The predicted octanol–water partition coefficient (Wildman–Crippen LogP) is 2.56. The molecule has 0 bridgehead atoms. The van der Waals surface area contributed by atoms with Crippen LogP contribution < -0.4 is 5.32 Å². The van der Waals surface area contributed by atoms with E-state index in [1.165, 1.54) is 11.3 Å². The molecule has 0 aliphatic carbocycles. The van der Waals surface area contributed by atoms with Crippen LogP contribution in [0.4, 0.5) is 0 Å². The normalized spacial score (nSPS) is 12.1. The molecule has 1 atom stereocenters. The van der Waals surface area contributed by atoms with E-state index in [4.69, 9.17) is 16.7 Å². The molecule has 0 aliphatic rings. The van der Waals surface area contributed by atoms with Crippen LogP contribution >= 0.6 is 22.9 Å². The minimum atomic E-state index is -0.843. The number of thiophene rings is 1. The molecule has 1 unspecified atom stereocenters. The molecule has 2 N–H and O–H groups in total. The van der Waals surface area contributed by atoms with Crippen LogP contribution in [0.1, 0.15) is 24.6 Å². The number of aliphatic carboxylic acids is 1. The molecule has 1 rings (SSSR count). The van der Waals surface area contributed by atoms with Crippen LogP contribution in [0.3, 0.4) is 0 Å². The lowest BCUT2D eigenvalue weighted by molar-refractivity contribution is -0.138. The Kier molecular flexibility index (Phi) is 6.15. The van der Waals surface area contributed by atoms with Crippen LogP contribution in [0.25, 0.3) is 0 Å². The van der Waals surface area contributed by atoms with Gasteiger partial charge in [-0.25, -0.2) is 0 Å². The van der Waals surface area contributed by atoms with Gasteiger partial charge in [0.2, 0.25) is 5.91 Å². The molecule has 0 aromatic carbocycles. The van der Waals surface area contributed by atoms with Gasteiger partial charge in [-0.15, -0.1) is 11.3 Å². The van der Waals surface area contributed by atoms with E-state index in [1.807, 2.05) is 11.4 Å². The van der Waals surface area contributed by atoms with E-state index in [0.717, 1.165) is 4.88 Å². The molecule has 100 valence electrons. The van der Waals surface area contributed by atoms with Crippen molar-refractivity contribution in [1.29, 1.82) is 0 Å². The molecule has 0 saturated heterocycles. The number of nitrogens with one attached hydrogen (secondary N) is 1. The number of amides is 1. The minimum absolute atomic E-state index is 0.0531. The van der Waals surface area contributed by atoms with E-state index in [0.29, 0.717) is 24.4 Å². The third kappa shape index (κ3) is 6.02. The zero-order valence-corrected chi connectivity index (χ0v) is 11.7. The summed E-state index contributed by atoms with van der Waals surface area (Å²) in [6.07, 6.45) is 1.13. The van der Waals surface area contributed by atoms with Crippen LogP contribution in [0, 0.1) is 5.92 Å². The third-order valence-corrected chi connectivity index (χ3v) is 3.74. The number of carboxylic acids is 1. The highest BCUT2D eigenvalue weighted by Gasteiger charge is 2.09. The summed E-state index contributed by atoms with van der Waals surface area (Å²) in [6.45, 7) is 2.20. The van der Waals surface area contributed by atoms with Gasteiger partial charge < -0.3 is 10.4 Å².